The summed E-state index contributed by atoms with van der Waals surface area (Å²) < 4.78 is 46.8. The lowest BCUT2D eigenvalue weighted by Gasteiger charge is -2.08. The van der Waals surface area contributed by atoms with Crippen LogP contribution in [0.25, 0.3) is 11.4 Å². The Labute approximate surface area is 117 Å². The highest BCUT2D eigenvalue weighted by Gasteiger charge is 2.44. The number of alkyl halides is 3. The van der Waals surface area contributed by atoms with E-state index in [0.29, 0.717) is 11.3 Å². The molecule has 0 N–H and O–H groups in total. The first-order valence-electron chi connectivity index (χ1n) is 5.92. The lowest BCUT2D eigenvalue weighted by atomic mass is 10.1. The summed E-state index contributed by atoms with van der Waals surface area (Å²) in [5.41, 5.74) is 0.510. The second-order valence-electron chi connectivity index (χ2n) is 4.27. The number of methoxy groups -OCH3 is 1. The van der Waals surface area contributed by atoms with Crippen LogP contribution in [0.5, 0.6) is 5.75 Å². The van der Waals surface area contributed by atoms with E-state index in [1.165, 1.54) is 7.11 Å². The number of rotatable bonds is 4. The molecular weight excluding hydrogens is 289 g/mol. The van der Waals surface area contributed by atoms with Crippen molar-refractivity contribution in [2.45, 2.75) is 19.0 Å². The van der Waals surface area contributed by atoms with E-state index in [-0.39, 0.29) is 11.7 Å². The van der Waals surface area contributed by atoms with Crippen molar-refractivity contribution in [1.82, 2.24) is 10.1 Å². The Bertz CT molecular complexity index is 652. The first-order valence-corrected chi connectivity index (χ1v) is 5.92. The van der Waals surface area contributed by atoms with Gasteiger partial charge in [-0.1, -0.05) is 17.3 Å². The predicted octanol–water partition coefficient (Wildman–Crippen LogP) is 2.98. The Morgan fingerprint density at radius 1 is 1.38 bits per heavy atom. The molecule has 0 saturated carbocycles. The van der Waals surface area contributed by atoms with Crippen LogP contribution in [-0.2, 0) is 4.79 Å². The van der Waals surface area contributed by atoms with Gasteiger partial charge in [-0.15, -0.1) is 0 Å². The minimum Gasteiger partial charge on any atom is -0.497 e. The van der Waals surface area contributed by atoms with Crippen LogP contribution in [0, 0.1) is 0 Å². The Morgan fingerprint density at radius 3 is 2.71 bits per heavy atom. The number of halogens is 3. The summed E-state index contributed by atoms with van der Waals surface area (Å²) in [5.74, 6) is -3.22. The molecule has 1 aromatic carbocycles. The fraction of sp³-hybridized carbons (Fsp3) is 0.308. The SMILES string of the molecule is COc1cccc(-c2noc(C(C)C(=O)C(F)(F)F)n2)c1. The second kappa shape index (κ2) is 5.55. The normalized spacial score (nSPS) is 13.0. The van der Waals surface area contributed by atoms with Gasteiger partial charge in [0.25, 0.3) is 0 Å². The van der Waals surface area contributed by atoms with Crippen molar-refractivity contribution in [1.29, 1.82) is 0 Å². The average Bonchev–Trinajstić information content (AvgIpc) is 2.94. The molecule has 1 unspecified atom stereocenters. The maximum Gasteiger partial charge on any atom is 0.450 e. The average molecular weight is 300 g/mol. The van der Waals surface area contributed by atoms with E-state index in [2.05, 4.69) is 10.1 Å². The monoisotopic (exact) mass is 300 g/mol. The van der Waals surface area contributed by atoms with Crippen molar-refractivity contribution in [2.24, 2.45) is 0 Å². The molecule has 0 radical (unpaired) electrons. The molecule has 0 spiro atoms. The fourth-order valence-corrected chi connectivity index (χ4v) is 1.65. The summed E-state index contributed by atoms with van der Waals surface area (Å²) in [4.78, 5) is 15.0. The third kappa shape index (κ3) is 3.21. The first-order chi connectivity index (χ1) is 9.82. The molecule has 0 saturated heterocycles. The van der Waals surface area contributed by atoms with Gasteiger partial charge < -0.3 is 9.26 Å². The molecule has 0 aliphatic heterocycles. The maximum absolute atomic E-state index is 12.4. The molecule has 0 bridgehead atoms. The Kier molecular flexibility index (Phi) is 3.97. The molecule has 21 heavy (non-hydrogen) atoms. The van der Waals surface area contributed by atoms with Gasteiger partial charge in [0.2, 0.25) is 17.5 Å². The topological polar surface area (TPSA) is 65.2 Å². The molecule has 1 aromatic heterocycles. The van der Waals surface area contributed by atoms with Crippen LogP contribution in [0.3, 0.4) is 0 Å². The van der Waals surface area contributed by atoms with Gasteiger partial charge in [-0.05, 0) is 19.1 Å². The molecule has 2 aromatic rings. The number of benzene rings is 1. The predicted molar refractivity (Wildman–Crippen MR) is 65.8 cm³/mol. The highest BCUT2D eigenvalue weighted by molar-refractivity contribution is 5.89. The van der Waals surface area contributed by atoms with Crippen molar-refractivity contribution in [2.75, 3.05) is 7.11 Å². The molecule has 0 aliphatic rings. The smallest absolute Gasteiger partial charge is 0.450 e. The highest BCUT2D eigenvalue weighted by Crippen LogP contribution is 2.28. The molecule has 112 valence electrons. The lowest BCUT2D eigenvalue weighted by molar-refractivity contribution is -0.172. The van der Waals surface area contributed by atoms with E-state index in [1.54, 1.807) is 24.3 Å². The highest BCUT2D eigenvalue weighted by atomic mass is 19.4. The molecular formula is C13H11F3N2O3. The second-order valence-corrected chi connectivity index (χ2v) is 4.27. The van der Waals surface area contributed by atoms with Crippen molar-refractivity contribution in [3.05, 3.63) is 30.2 Å². The van der Waals surface area contributed by atoms with Crippen molar-refractivity contribution in [3.8, 4) is 17.1 Å². The van der Waals surface area contributed by atoms with Crippen molar-refractivity contribution in [3.63, 3.8) is 0 Å². The summed E-state index contributed by atoms with van der Waals surface area (Å²) in [6, 6.07) is 6.62. The van der Waals surface area contributed by atoms with Crippen LogP contribution in [0.1, 0.15) is 18.7 Å². The fourth-order valence-electron chi connectivity index (χ4n) is 1.65. The number of ketones is 1. The van der Waals surface area contributed by atoms with E-state index in [1.807, 2.05) is 0 Å². The van der Waals surface area contributed by atoms with Gasteiger partial charge in [0.1, 0.15) is 11.7 Å². The molecule has 1 atom stereocenters. The van der Waals surface area contributed by atoms with Crippen LogP contribution >= 0.6 is 0 Å². The molecule has 8 heteroatoms. The van der Waals surface area contributed by atoms with E-state index in [4.69, 9.17) is 9.26 Å². The Morgan fingerprint density at radius 2 is 2.10 bits per heavy atom. The van der Waals surface area contributed by atoms with Crippen LogP contribution in [0.2, 0.25) is 0 Å². The minimum absolute atomic E-state index is 0.0886. The summed E-state index contributed by atoms with van der Waals surface area (Å²) in [6.07, 6.45) is -4.94. The van der Waals surface area contributed by atoms with Crippen LogP contribution in [-0.4, -0.2) is 29.2 Å². The molecule has 0 aliphatic carbocycles. The quantitative estimate of drug-likeness (QED) is 0.868. The van der Waals surface area contributed by atoms with Crippen molar-refractivity contribution < 1.29 is 27.2 Å². The Balaban J connectivity index is 2.27. The molecule has 0 fully saturated rings. The van der Waals surface area contributed by atoms with Crippen LogP contribution < -0.4 is 4.74 Å². The van der Waals surface area contributed by atoms with E-state index in [0.717, 1.165) is 6.92 Å². The number of hydrogen-bond acceptors (Lipinski definition) is 5. The van der Waals surface area contributed by atoms with Gasteiger partial charge in [-0.2, -0.15) is 18.2 Å². The van der Waals surface area contributed by atoms with E-state index >= 15 is 0 Å². The third-order valence-corrected chi connectivity index (χ3v) is 2.81. The summed E-state index contributed by atoms with van der Waals surface area (Å²) >= 11 is 0. The van der Waals surface area contributed by atoms with E-state index < -0.39 is 17.9 Å². The number of carbonyl (C=O) groups excluding carboxylic acids is 1. The third-order valence-electron chi connectivity index (χ3n) is 2.81. The molecule has 1 heterocycles. The summed E-state index contributed by atoms with van der Waals surface area (Å²) in [6.45, 7) is 1.07. The lowest BCUT2D eigenvalue weighted by Crippen LogP contribution is -2.27. The van der Waals surface area contributed by atoms with Gasteiger partial charge >= 0.3 is 6.18 Å². The largest absolute Gasteiger partial charge is 0.497 e. The zero-order valence-corrected chi connectivity index (χ0v) is 11.1. The van der Waals surface area contributed by atoms with Gasteiger partial charge in [0, 0.05) is 5.56 Å². The standard InChI is InChI=1S/C13H11F3N2O3/c1-7(10(19)13(14,15)16)12-17-11(18-21-12)8-4-3-5-9(6-8)20-2/h3-7H,1-2H3. The van der Waals surface area contributed by atoms with E-state index in [9.17, 15) is 18.0 Å². The van der Waals surface area contributed by atoms with Gasteiger partial charge in [-0.3, -0.25) is 4.79 Å². The van der Waals surface area contributed by atoms with Gasteiger partial charge in [0.05, 0.1) is 7.11 Å². The number of aromatic nitrogens is 2. The first kappa shape index (κ1) is 15.0. The van der Waals surface area contributed by atoms with Gasteiger partial charge in [0.15, 0.2) is 0 Å². The van der Waals surface area contributed by atoms with Crippen LogP contribution in [0.15, 0.2) is 28.8 Å². The van der Waals surface area contributed by atoms with Crippen molar-refractivity contribution >= 4 is 5.78 Å². The zero-order valence-electron chi connectivity index (χ0n) is 11.1. The number of nitrogens with zero attached hydrogens (tertiary/aromatic N) is 2. The molecule has 0 amide bonds. The molecule has 5 nitrogen and oxygen atoms in total. The van der Waals surface area contributed by atoms with Crippen LogP contribution in [0.4, 0.5) is 13.2 Å². The zero-order chi connectivity index (χ0) is 15.6. The number of carbonyl (C=O) groups is 1. The minimum atomic E-state index is -4.94. The maximum atomic E-state index is 12.4. The van der Waals surface area contributed by atoms with Gasteiger partial charge in [-0.25, -0.2) is 0 Å². The summed E-state index contributed by atoms with van der Waals surface area (Å²) in [7, 11) is 1.48. The number of ether oxygens (including phenoxy) is 1. The number of Topliss-reactive ketones (excluding diaryl/α,β-unsaturated/α-hetero) is 1. The number of hydrogen-bond donors (Lipinski definition) is 0. The molecule has 2 rings (SSSR count). The Hall–Kier alpha value is -2.38. The summed E-state index contributed by atoms with van der Waals surface area (Å²) in [5, 5.41) is 3.59.